The molecular weight excluding hydrogens is 324 g/mol. The smallest absolute Gasteiger partial charge is 0.261 e. The Kier molecular flexibility index (Phi) is 4.76. The lowest BCUT2D eigenvalue weighted by atomic mass is 9.48. The summed E-state index contributed by atoms with van der Waals surface area (Å²) in [4.78, 5) is 17.5. The Balaban J connectivity index is 1.26. The van der Waals surface area contributed by atoms with Crippen LogP contribution in [0.3, 0.4) is 0 Å². The van der Waals surface area contributed by atoms with E-state index in [9.17, 15) is 4.79 Å². The zero-order valence-corrected chi connectivity index (χ0v) is 15.9. The van der Waals surface area contributed by atoms with Crippen LogP contribution in [0.1, 0.15) is 56.6 Å². The van der Waals surface area contributed by atoms with Gasteiger partial charge in [-0.25, -0.2) is 0 Å². The lowest BCUT2D eigenvalue weighted by molar-refractivity contribution is -0.130. The molecule has 0 spiro atoms. The first-order chi connectivity index (χ1) is 12.5. The summed E-state index contributed by atoms with van der Waals surface area (Å²) in [5.41, 5.74) is 2.51. The molecule has 4 saturated carbocycles. The summed E-state index contributed by atoms with van der Waals surface area (Å²) < 4.78 is 0. The van der Waals surface area contributed by atoms with Crippen molar-refractivity contribution in [3.63, 3.8) is 0 Å². The third-order valence-corrected chi connectivity index (χ3v) is 6.93. The largest absolute Gasteiger partial charge is 0.386 e. The van der Waals surface area contributed by atoms with Crippen LogP contribution in [0.5, 0.6) is 0 Å². The third-order valence-electron chi connectivity index (χ3n) is 6.93. The maximum absolute atomic E-state index is 12.3. The quantitative estimate of drug-likeness (QED) is 0.618. The number of carbonyl (C=O) groups is 1. The molecule has 4 bridgehead atoms. The van der Waals surface area contributed by atoms with Crippen molar-refractivity contribution in [3.8, 4) is 0 Å². The fourth-order valence-corrected chi connectivity index (χ4v) is 5.99. The molecule has 4 heteroatoms. The van der Waals surface area contributed by atoms with Crippen molar-refractivity contribution in [3.05, 3.63) is 35.4 Å². The number of rotatable bonds is 6. The van der Waals surface area contributed by atoms with Crippen molar-refractivity contribution in [2.45, 2.75) is 58.4 Å². The molecular formula is C22H30N2O2. The first-order valence-corrected chi connectivity index (χ1v) is 10.0. The molecule has 5 rings (SSSR count). The first-order valence-electron chi connectivity index (χ1n) is 10.0. The van der Waals surface area contributed by atoms with Crippen molar-refractivity contribution in [1.82, 2.24) is 5.32 Å². The molecule has 4 aliphatic carbocycles. The van der Waals surface area contributed by atoms with Gasteiger partial charge >= 0.3 is 0 Å². The number of oxime groups is 1. The second kappa shape index (κ2) is 7.05. The van der Waals surface area contributed by atoms with Crippen molar-refractivity contribution in [1.29, 1.82) is 0 Å². The van der Waals surface area contributed by atoms with E-state index in [1.807, 2.05) is 31.2 Å². The minimum absolute atomic E-state index is 0.0148. The summed E-state index contributed by atoms with van der Waals surface area (Å²) >= 11 is 0. The standard InChI is InChI=1S/C22H30N2O2/c1-15-3-5-17(6-4-15)13-23-26-14-21(25)24-16(2)22-10-18-7-19(11-22)9-20(8-18)12-22/h3-6,13,16,18-20H,7-12,14H2,1-2H3,(H,24,25)/b23-13-/t16-,18?,19?,20?,22?/m0/s1. The van der Waals surface area contributed by atoms with Gasteiger partial charge in [-0.15, -0.1) is 0 Å². The zero-order valence-electron chi connectivity index (χ0n) is 15.9. The summed E-state index contributed by atoms with van der Waals surface area (Å²) in [5.74, 6) is 2.64. The molecule has 1 atom stereocenters. The van der Waals surface area contributed by atoms with Crippen LogP contribution in [0.25, 0.3) is 0 Å². The van der Waals surface area contributed by atoms with Crippen LogP contribution in [0.2, 0.25) is 0 Å². The Morgan fingerprint density at radius 2 is 1.77 bits per heavy atom. The topological polar surface area (TPSA) is 50.7 Å². The van der Waals surface area contributed by atoms with E-state index in [1.54, 1.807) is 6.21 Å². The maximum Gasteiger partial charge on any atom is 0.261 e. The Morgan fingerprint density at radius 1 is 1.19 bits per heavy atom. The Labute approximate surface area is 156 Å². The van der Waals surface area contributed by atoms with Gasteiger partial charge in [-0.2, -0.15) is 0 Å². The van der Waals surface area contributed by atoms with Crippen LogP contribution in [0.4, 0.5) is 0 Å². The summed E-state index contributed by atoms with van der Waals surface area (Å²) in [6, 6.07) is 8.25. The number of amides is 1. The van der Waals surface area contributed by atoms with Gasteiger partial charge in [0.05, 0.1) is 6.21 Å². The average Bonchev–Trinajstić information content (AvgIpc) is 2.59. The summed E-state index contributed by atoms with van der Waals surface area (Å²) in [5, 5.41) is 7.13. The Hall–Kier alpha value is -1.84. The van der Waals surface area contributed by atoms with Crippen LogP contribution in [0.15, 0.2) is 29.4 Å². The number of hydrogen-bond acceptors (Lipinski definition) is 3. The van der Waals surface area contributed by atoms with E-state index in [1.165, 1.54) is 44.1 Å². The number of hydrogen-bond donors (Lipinski definition) is 1. The predicted molar refractivity (Wildman–Crippen MR) is 103 cm³/mol. The van der Waals surface area contributed by atoms with E-state index in [4.69, 9.17) is 4.84 Å². The third kappa shape index (κ3) is 3.65. The average molecular weight is 354 g/mol. The molecule has 0 radical (unpaired) electrons. The van der Waals surface area contributed by atoms with Crippen LogP contribution in [-0.4, -0.2) is 24.8 Å². The van der Waals surface area contributed by atoms with Crippen LogP contribution >= 0.6 is 0 Å². The lowest BCUT2D eigenvalue weighted by Gasteiger charge is -2.59. The minimum atomic E-state index is -0.0608. The predicted octanol–water partition coefficient (Wildman–Crippen LogP) is 4.07. The number of carbonyl (C=O) groups excluding carboxylic acids is 1. The van der Waals surface area contributed by atoms with Gasteiger partial charge < -0.3 is 10.2 Å². The summed E-state index contributed by atoms with van der Waals surface area (Å²) in [6.45, 7) is 4.23. The van der Waals surface area contributed by atoms with Gasteiger partial charge in [0, 0.05) is 6.04 Å². The van der Waals surface area contributed by atoms with E-state index < -0.39 is 0 Å². The molecule has 0 heterocycles. The second-order valence-corrected chi connectivity index (χ2v) is 8.99. The zero-order chi connectivity index (χ0) is 18.1. The molecule has 4 aliphatic rings. The molecule has 1 aromatic carbocycles. The van der Waals surface area contributed by atoms with Crippen molar-refractivity contribution < 1.29 is 9.63 Å². The van der Waals surface area contributed by atoms with Gasteiger partial charge in [-0.1, -0.05) is 35.0 Å². The Morgan fingerprint density at radius 3 is 2.35 bits per heavy atom. The van der Waals surface area contributed by atoms with E-state index in [2.05, 4.69) is 17.4 Å². The highest BCUT2D eigenvalue weighted by Crippen LogP contribution is 2.61. The fraction of sp³-hybridized carbons (Fsp3) is 0.636. The molecule has 4 nitrogen and oxygen atoms in total. The highest BCUT2D eigenvalue weighted by molar-refractivity contribution is 5.80. The molecule has 0 saturated heterocycles. The molecule has 0 aliphatic heterocycles. The van der Waals surface area contributed by atoms with Gasteiger partial charge in [0.25, 0.3) is 5.91 Å². The van der Waals surface area contributed by atoms with Crippen LogP contribution in [-0.2, 0) is 9.63 Å². The summed E-state index contributed by atoms with van der Waals surface area (Å²) in [6.07, 6.45) is 9.83. The van der Waals surface area contributed by atoms with Crippen molar-refractivity contribution in [2.24, 2.45) is 28.3 Å². The number of aryl methyl sites for hydroxylation is 1. The van der Waals surface area contributed by atoms with E-state index in [0.29, 0.717) is 5.41 Å². The molecule has 1 N–H and O–H groups in total. The van der Waals surface area contributed by atoms with E-state index in [0.717, 1.165) is 23.3 Å². The monoisotopic (exact) mass is 354 g/mol. The number of nitrogens with zero attached hydrogens (tertiary/aromatic N) is 1. The number of nitrogens with one attached hydrogen (secondary N) is 1. The Bertz CT molecular complexity index is 645. The van der Waals surface area contributed by atoms with Gasteiger partial charge in [0.2, 0.25) is 0 Å². The summed E-state index contributed by atoms with van der Waals surface area (Å²) in [7, 11) is 0. The lowest BCUT2D eigenvalue weighted by Crippen LogP contribution is -2.56. The molecule has 1 amide bonds. The van der Waals surface area contributed by atoms with Crippen LogP contribution < -0.4 is 5.32 Å². The van der Waals surface area contributed by atoms with Gasteiger partial charge in [-0.3, -0.25) is 4.79 Å². The molecule has 140 valence electrons. The molecule has 0 unspecified atom stereocenters. The molecule has 1 aromatic rings. The van der Waals surface area contributed by atoms with Gasteiger partial charge in [0.1, 0.15) is 0 Å². The highest BCUT2D eigenvalue weighted by atomic mass is 16.6. The molecule has 4 fully saturated rings. The minimum Gasteiger partial charge on any atom is -0.386 e. The first kappa shape index (κ1) is 17.6. The van der Waals surface area contributed by atoms with Gasteiger partial charge in [0.15, 0.2) is 6.61 Å². The van der Waals surface area contributed by atoms with Gasteiger partial charge in [-0.05, 0) is 81.1 Å². The SMILES string of the molecule is Cc1ccc(/C=N\OCC(=O)N[C@@H](C)C23CC4CC(CC(C4)C2)C3)cc1. The fourth-order valence-electron chi connectivity index (χ4n) is 5.99. The highest BCUT2D eigenvalue weighted by Gasteiger charge is 2.53. The molecule has 26 heavy (non-hydrogen) atoms. The number of benzene rings is 1. The normalized spacial score (nSPS) is 33.4. The van der Waals surface area contributed by atoms with Crippen LogP contribution in [0, 0.1) is 30.1 Å². The van der Waals surface area contributed by atoms with E-state index >= 15 is 0 Å². The van der Waals surface area contributed by atoms with E-state index in [-0.39, 0.29) is 18.6 Å². The second-order valence-electron chi connectivity index (χ2n) is 8.99. The maximum atomic E-state index is 12.3. The van der Waals surface area contributed by atoms with Crippen molar-refractivity contribution in [2.75, 3.05) is 6.61 Å². The van der Waals surface area contributed by atoms with Crippen molar-refractivity contribution >= 4 is 12.1 Å². The molecule has 0 aromatic heterocycles.